The summed E-state index contributed by atoms with van der Waals surface area (Å²) in [6, 6.07) is 11.0. The van der Waals surface area contributed by atoms with E-state index in [9.17, 15) is 9.59 Å². The van der Waals surface area contributed by atoms with Gasteiger partial charge in [0.1, 0.15) is 12.1 Å². The van der Waals surface area contributed by atoms with Gasteiger partial charge in [0.15, 0.2) is 0 Å². The predicted octanol–water partition coefficient (Wildman–Crippen LogP) is 4.22. The number of benzene rings is 1. The number of pyridine rings is 2. The molecular formula is C25H27N5O2. The fraction of sp³-hybridized carbons (Fsp3) is 0.280. The van der Waals surface area contributed by atoms with Gasteiger partial charge in [-0.15, -0.1) is 0 Å². The van der Waals surface area contributed by atoms with E-state index in [-0.39, 0.29) is 23.2 Å². The fourth-order valence-corrected chi connectivity index (χ4v) is 4.09. The minimum absolute atomic E-state index is 0.0363. The Hall–Kier alpha value is -3.74. The average Bonchev–Trinajstić information content (AvgIpc) is 2.76. The van der Waals surface area contributed by atoms with Gasteiger partial charge in [-0.1, -0.05) is 18.2 Å². The number of fused-ring (bicyclic) bond motifs is 1. The maximum atomic E-state index is 13.8. The fourth-order valence-electron chi connectivity index (χ4n) is 4.09. The second kappa shape index (κ2) is 8.42. The normalized spacial score (nSPS) is 12.3. The van der Waals surface area contributed by atoms with Crippen LogP contribution in [0, 0.1) is 6.92 Å². The van der Waals surface area contributed by atoms with Gasteiger partial charge in [-0.05, 0) is 56.3 Å². The van der Waals surface area contributed by atoms with Crippen molar-refractivity contribution < 1.29 is 0 Å². The molecule has 0 aliphatic rings. The van der Waals surface area contributed by atoms with Gasteiger partial charge in [-0.25, -0.2) is 9.97 Å². The molecule has 0 bridgehead atoms. The van der Waals surface area contributed by atoms with Crippen LogP contribution in [0.3, 0.4) is 0 Å². The summed E-state index contributed by atoms with van der Waals surface area (Å²) in [5.74, 6) is 0.745. The summed E-state index contributed by atoms with van der Waals surface area (Å²) in [4.78, 5) is 34.0. The van der Waals surface area contributed by atoms with Gasteiger partial charge >= 0.3 is 0 Å². The average molecular weight is 430 g/mol. The van der Waals surface area contributed by atoms with E-state index in [2.05, 4.69) is 21.4 Å². The predicted molar refractivity (Wildman–Crippen MR) is 128 cm³/mol. The van der Waals surface area contributed by atoms with Crippen LogP contribution in [0.1, 0.15) is 44.1 Å². The zero-order chi connectivity index (χ0) is 23.0. The largest absolute Gasteiger partial charge is 0.362 e. The van der Waals surface area contributed by atoms with Crippen molar-refractivity contribution in [1.29, 1.82) is 0 Å². The lowest BCUT2D eigenvalue weighted by Crippen LogP contribution is -2.28. The summed E-state index contributed by atoms with van der Waals surface area (Å²) >= 11 is 0. The molecule has 32 heavy (non-hydrogen) atoms. The lowest BCUT2D eigenvalue weighted by molar-refractivity contribution is 0.541. The van der Waals surface area contributed by atoms with Crippen LogP contribution in [-0.4, -0.2) is 19.1 Å². The Balaban J connectivity index is 1.92. The number of aromatic nitrogens is 4. The maximum absolute atomic E-state index is 13.8. The molecule has 7 heteroatoms. The smallest absolute Gasteiger partial charge is 0.259 e. The second-order valence-electron chi connectivity index (χ2n) is 8.40. The van der Waals surface area contributed by atoms with Crippen molar-refractivity contribution in [3.8, 4) is 11.1 Å². The summed E-state index contributed by atoms with van der Waals surface area (Å²) < 4.78 is 3.36. The second-order valence-corrected chi connectivity index (χ2v) is 8.40. The third-order valence-corrected chi connectivity index (χ3v) is 5.72. The molecule has 1 aromatic carbocycles. The van der Waals surface area contributed by atoms with E-state index in [1.54, 1.807) is 25.5 Å². The van der Waals surface area contributed by atoms with E-state index in [0.717, 1.165) is 33.6 Å². The van der Waals surface area contributed by atoms with Crippen molar-refractivity contribution in [2.24, 2.45) is 7.05 Å². The van der Waals surface area contributed by atoms with E-state index >= 15 is 0 Å². The standard InChI is InChI=1S/C25H27N5O2/c1-15(2)30-21(17(4)28-24-16(3)12-26-14-27-24)11-18-7-6-8-20(23(18)25(30)32)19-9-10-22(31)29(5)13-19/h6-15,17H,1-5H3,(H,26,27,28). The Morgan fingerprint density at radius 2 is 1.84 bits per heavy atom. The highest BCUT2D eigenvalue weighted by Gasteiger charge is 2.20. The van der Waals surface area contributed by atoms with Gasteiger partial charge in [-0.3, -0.25) is 9.59 Å². The number of rotatable bonds is 5. The van der Waals surface area contributed by atoms with Crippen LogP contribution in [0.15, 0.2) is 64.7 Å². The van der Waals surface area contributed by atoms with Gasteiger partial charge < -0.3 is 14.5 Å². The summed E-state index contributed by atoms with van der Waals surface area (Å²) in [5.41, 5.74) is 3.33. The van der Waals surface area contributed by atoms with Crippen LogP contribution in [0.2, 0.25) is 0 Å². The lowest BCUT2D eigenvalue weighted by Gasteiger charge is -2.24. The molecule has 0 spiro atoms. The Morgan fingerprint density at radius 3 is 2.53 bits per heavy atom. The molecule has 1 unspecified atom stereocenters. The van der Waals surface area contributed by atoms with E-state index in [0.29, 0.717) is 5.39 Å². The molecule has 0 amide bonds. The van der Waals surface area contributed by atoms with Crippen LogP contribution in [0.25, 0.3) is 21.9 Å². The maximum Gasteiger partial charge on any atom is 0.259 e. The highest BCUT2D eigenvalue weighted by molar-refractivity contribution is 5.96. The van der Waals surface area contributed by atoms with Gasteiger partial charge in [-0.2, -0.15) is 0 Å². The Kier molecular flexibility index (Phi) is 5.65. The molecule has 1 N–H and O–H groups in total. The van der Waals surface area contributed by atoms with Gasteiger partial charge in [0, 0.05) is 42.8 Å². The molecule has 4 aromatic rings. The number of anilines is 1. The van der Waals surface area contributed by atoms with Gasteiger partial charge in [0.2, 0.25) is 5.56 Å². The van der Waals surface area contributed by atoms with Crippen molar-refractivity contribution in [3.05, 3.63) is 87.1 Å². The summed E-state index contributed by atoms with van der Waals surface area (Å²) in [6.07, 6.45) is 5.04. The first kappa shape index (κ1) is 21.5. The molecule has 0 saturated carbocycles. The molecule has 0 radical (unpaired) electrons. The number of nitrogens with zero attached hydrogens (tertiary/aromatic N) is 4. The third-order valence-electron chi connectivity index (χ3n) is 5.72. The van der Waals surface area contributed by atoms with Crippen LogP contribution >= 0.6 is 0 Å². The molecule has 3 heterocycles. The van der Waals surface area contributed by atoms with E-state index in [4.69, 9.17) is 0 Å². The van der Waals surface area contributed by atoms with Crippen LogP contribution < -0.4 is 16.4 Å². The quantitative estimate of drug-likeness (QED) is 0.514. The van der Waals surface area contributed by atoms with E-state index in [1.165, 1.54) is 17.0 Å². The summed E-state index contributed by atoms with van der Waals surface area (Å²) in [6.45, 7) is 7.99. The number of nitrogens with one attached hydrogen (secondary N) is 1. The van der Waals surface area contributed by atoms with Crippen molar-refractivity contribution >= 4 is 16.6 Å². The van der Waals surface area contributed by atoms with Crippen LogP contribution in [0.5, 0.6) is 0 Å². The number of hydrogen-bond acceptors (Lipinski definition) is 5. The molecule has 0 fully saturated rings. The molecule has 1 atom stereocenters. The van der Waals surface area contributed by atoms with Crippen LogP contribution in [0.4, 0.5) is 5.82 Å². The molecule has 164 valence electrons. The van der Waals surface area contributed by atoms with Crippen molar-refractivity contribution in [1.82, 2.24) is 19.1 Å². The molecule has 0 aliphatic heterocycles. The van der Waals surface area contributed by atoms with Crippen molar-refractivity contribution in [2.75, 3.05) is 5.32 Å². The molecule has 0 aliphatic carbocycles. The number of hydrogen-bond donors (Lipinski definition) is 1. The van der Waals surface area contributed by atoms with E-state index < -0.39 is 0 Å². The first-order valence-electron chi connectivity index (χ1n) is 10.7. The summed E-state index contributed by atoms with van der Waals surface area (Å²) in [7, 11) is 1.71. The van der Waals surface area contributed by atoms with Gasteiger partial charge in [0.05, 0.1) is 11.4 Å². The summed E-state index contributed by atoms with van der Waals surface area (Å²) in [5, 5.41) is 4.93. The topological polar surface area (TPSA) is 81.8 Å². The molecule has 7 nitrogen and oxygen atoms in total. The van der Waals surface area contributed by atoms with Crippen LogP contribution in [-0.2, 0) is 7.05 Å². The zero-order valence-electron chi connectivity index (χ0n) is 19.0. The van der Waals surface area contributed by atoms with Crippen molar-refractivity contribution in [2.45, 2.75) is 39.8 Å². The zero-order valence-corrected chi connectivity index (χ0v) is 19.0. The highest BCUT2D eigenvalue weighted by Crippen LogP contribution is 2.29. The lowest BCUT2D eigenvalue weighted by atomic mass is 9.98. The number of aryl methyl sites for hydroxylation is 2. The SMILES string of the molecule is Cc1cncnc1NC(C)c1cc2cccc(-c3ccc(=O)n(C)c3)c2c(=O)n1C(C)C. The molecular weight excluding hydrogens is 402 g/mol. The minimum Gasteiger partial charge on any atom is -0.362 e. The van der Waals surface area contributed by atoms with Crippen molar-refractivity contribution in [3.63, 3.8) is 0 Å². The molecule has 3 aromatic heterocycles. The minimum atomic E-state index is -0.149. The first-order valence-corrected chi connectivity index (χ1v) is 10.7. The Labute approximate surface area is 186 Å². The first-order chi connectivity index (χ1) is 15.3. The Bertz CT molecular complexity index is 1420. The third kappa shape index (κ3) is 3.82. The van der Waals surface area contributed by atoms with Gasteiger partial charge in [0.25, 0.3) is 5.56 Å². The highest BCUT2D eigenvalue weighted by atomic mass is 16.1. The molecule has 0 saturated heterocycles. The van der Waals surface area contributed by atoms with E-state index in [1.807, 2.05) is 50.5 Å². The molecule has 4 rings (SSSR count). The Morgan fingerprint density at radius 1 is 1.06 bits per heavy atom. The monoisotopic (exact) mass is 429 g/mol.